The van der Waals surface area contributed by atoms with Gasteiger partial charge in [-0.3, -0.25) is 20.0 Å². The van der Waals surface area contributed by atoms with Crippen molar-refractivity contribution in [3.8, 4) is 11.3 Å². The van der Waals surface area contributed by atoms with E-state index in [0.29, 0.717) is 42.0 Å². The van der Waals surface area contributed by atoms with E-state index in [2.05, 4.69) is 10.2 Å². The minimum atomic E-state index is -0.690. The van der Waals surface area contributed by atoms with Crippen LogP contribution in [0.5, 0.6) is 0 Å². The summed E-state index contributed by atoms with van der Waals surface area (Å²) in [6.45, 7) is 0.805. The average molecular weight is 410 g/mol. The number of amides is 1. The van der Waals surface area contributed by atoms with Gasteiger partial charge in [-0.1, -0.05) is 12.1 Å². The molecule has 0 aliphatic carbocycles. The molecular weight excluding hydrogens is 391 g/mol. The highest BCUT2D eigenvalue weighted by atomic mass is 19.1. The molecule has 1 aromatic heterocycles. The minimum Gasteiger partial charge on any atom is -0.385 e. The third-order valence-corrected chi connectivity index (χ3v) is 5.16. The number of halogens is 1. The van der Waals surface area contributed by atoms with Gasteiger partial charge in [-0.05, 0) is 36.8 Å². The number of aromatic nitrogens is 2. The minimum absolute atomic E-state index is 0.0776. The molecule has 2 aromatic carbocycles. The number of aromatic amines is 1. The molecule has 0 saturated carbocycles. The van der Waals surface area contributed by atoms with Crippen LogP contribution >= 0.6 is 0 Å². The number of nitro groups is 1. The Morgan fingerprint density at radius 1 is 1.23 bits per heavy atom. The van der Waals surface area contributed by atoms with Gasteiger partial charge in [0.2, 0.25) is 0 Å². The first-order chi connectivity index (χ1) is 14.5. The molecule has 9 heteroatoms. The largest absolute Gasteiger partial charge is 0.385 e. The number of nitrogens with one attached hydrogen (secondary N) is 1. The van der Waals surface area contributed by atoms with Crippen molar-refractivity contribution < 1.29 is 18.8 Å². The molecule has 0 spiro atoms. The van der Waals surface area contributed by atoms with Crippen LogP contribution in [-0.4, -0.2) is 46.2 Å². The third-order valence-electron chi connectivity index (χ3n) is 5.16. The summed E-state index contributed by atoms with van der Waals surface area (Å²) in [5.74, 6) is -0.677. The molecule has 154 valence electrons. The molecule has 0 bridgehead atoms. The zero-order valence-corrected chi connectivity index (χ0v) is 16.2. The SMILES string of the molecule is COCCCN1C(=O)c2[nH]nc(-c3ccc(F)cc3)c2C1c1ccccc1[N+](=O)[O-]. The van der Waals surface area contributed by atoms with E-state index in [1.807, 2.05) is 0 Å². The molecule has 4 rings (SSSR count). The molecule has 1 aliphatic rings. The van der Waals surface area contributed by atoms with Crippen molar-refractivity contribution in [1.82, 2.24) is 15.1 Å². The number of H-pyrrole nitrogens is 1. The van der Waals surface area contributed by atoms with Gasteiger partial charge in [0.25, 0.3) is 11.6 Å². The van der Waals surface area contributed by atoms with E-state index in [9.17, 15) is 19.3 Å². The number of benzene rings is 2. The summed E-state index contributed by atoms with van der Waals surface area (Å²) in [4.78, 5) is 26.0. The molecular formula is C21H19FN4O4. The molecule has 1 aliphatic heterocycles. The van der Waals surface area contributed by atoms with Gasteiger partial charge in [0.15, 0.2) is 0 Å². The van der Waals surface area contributed by atoms with E-state index < -0.39 is 16.8 Å². The first-order valence-corrected chi connectivity index (χ1v) is 9.40. The summed E-state index contributed by atoms with van der Waals surface area (Å²) in [6.07, 6.45) is 0.572. The van der Waals surface area contributed by atoms with Gasteiger partial charge >= 0.3 is 0 Å². The zero-order valence-electron chi connectivity index (χ0n) is 16.2. The van der Waals surface area contributed by atoms with E-state index in [4.69, 9.17) is 4.74 Å². The van der Waals surface area contributed by atoms with Gasteiger partial charge < -0.3 is 9.64 Å². The Bertz CT molecular complexity index is 1100. The standard InChI is InChI=1S/C21H19FN4O4/c1-30-12-4-11-25-20(15-5-2-3-6-16(15)26(28)29)17-18(23-24-19(17)21(25)27)13-7-9-14(22)10-8-13/h2-3,5-10,20H,4,11-12H2,1H3,(H,23,24). The number of fused-ring (bicyclic) bond motifs is 1. The number of methoxy groups -OCH3 is 1. The summed E-state index contributed by atoms with van der Waals surface area (Å²) in [5, 5.41) is 18.7. The first-order valence-electron chi connectivity index (χ1n) is 9.40. The predicted octanol–water partition coefficient (Wildman–Crippen LogP) is 3.71. The Morgan fingerprint density at radius 3 is 2.67 bits per heavy atom. The number of ether oxygens (including phenoxy) is 1. The fraction of sp³-hybridized carbons (Fsp3) is 0.238. The van der Waals surface area contributed by atoms with Crippen LogP contribution in [0.3, 0.4) is 0 Å². The number of carbonyl (C=O) groups excluding carboxylic acids is 1. The fourth-order valence-electron chi connectivity index (χ4n) is 3.84. The molecule has 0 radical (unpaired) electrons. The van der Waals surface area contributed by atoms with Crippen LogP contribution in [0.1, 0.15) is 34.1 Å². The van der Waals surface area contributed by atoms with Crippen LogP contribution < -0.4 is 0 Å². The van der Waals surface area contributed by atoms with Crippen molar-refractivity contribution in [2.75, 3.05) is 20.3 Å². The van der Waals surface area contributed by atoms with Gasteiger partial charge in [0.05, 0.1) is 22.2 Å². The van der Waals surface area contributed by atoms with Crippen molar-refractivity contribution in [2.24, 2.45) is 0 Å². The first kappa shape index (κ1) is 19.7. The van der Waals surface area contributed by atoms with Crippen molar-refractivity contribution in [1.29, 1.82) is 0 Å². The number of nitrogens with zero attached hydrogens (tertiary/aromatic N) is 3. The molecule has 1 unspecified atom stereocenters. The van der Waals surface area contributed by atoms with E-state index >= 15 is 0 Å². The Morgan fingerprint density at radius 2 is 1.97 bits per heavy atom. The molecule has 1 N–H and O–H groups in total. The Kier molecular flexibility index (Phi) is 5.28. The summed E-state index contributed by atoms with van der Waals surface area (Å²) >= 11 is 0. The Hall–Kier alpha value is -3.59. The number of rotatable bonds is 7. The lowest BCUT2D eigenvalue weighted by Gasteiger charge is -2.26. The number of hydrogen-bond donors (Lipinski definition) is 1. The third kappa shape index (κ3) is 3.33. The molecule has 0 fully saturated rings. The van der Waals surface area contributed by atoms with Crippen LogP contribution in [-0.2, 0) is 4.74 Å². The molecule has 3 aromatic rings. The second-order valence-electron chi connectivity index (χ2n) is 6.93. The van der Waals surface area contributed by atoms with E-state index in [0.717, 1.165) is 0 Å². The van der Waals surface area contributed by atoms with Crippen LogP contribution in [0.25, 0.3) is 11.3 Å². The second kappa shape index (κ2) is 8.03. The van der Waals surface area contributed by atoms with Gasteiger partial charge in [0, 0.05) is 37.5 Å². The average Bonchev–Trinajstić information content (AvgIpc) is 3.28. The lowest BCUT2D eigenvalue weighted by Crippen LogP contribution is -2.31. The normalized spacial score (nSPS) is 15.5. The molecule has 8 nitrogen and oxygen atoms in total. The number of carbonyl (C=O) groups is 1. The summed E-state index contributed by atoms with van der Waals surface area (Å²) in [6, 6.07) is 11.4. The van der Waals surface area contributed by atoms with Crippen molar-refractivity contribution in [3.05, 3.63) is 81.3 Å². The van der Waals surface area contributed by atoms with E-state index in [1.54, 1.807) is 42.3 Å². The second-order valence-corrected chi connectivity index (χ2v) is 6.93. The van der Waals surface area contributed by atoms with Gasteiger partial charge in [-0.15, -0.1) is 0 Å². The van der Waals surface area contributed by atoms with Crippen molar-refractivity contribution >= 4 is 11.6 Å². The maximum atomic E-state index is 13.4. The summed E-state index contributed by atoms with van der Waals surface area (Å²) < 4.78 is 18.5. The fourth-order valence-corrected chi connectivity index (χ4v) is 3.84. The summed E-state index contributed by atoms with van der Waals surface area (Å²) in [7, 11) is 1.57. The lowest BCUT2D eigenvalue weighted by molar-refractivity contribution is -0.385. The van der Waals surface area contributed by atoms with Gasteiger partial charge in [-0.2, -0.15) is 5.10 Å². The van der Waals surface area contributed by atoms with E-state index in [-0.39, 0.29) is 17.3 Å². The molecule has 30 heavy (non-hydrogen) atoms. The Balaban J connectivity index is 1.87. The maximum Gasteiger partial charge on any atom is 0.275 e. The van der Waals surface area contributed by atoms with Crippen molar-refractivity contribution in [2.45, 2.75) is 12.5 Å². The zero-order chi connectivity index (χ0) is 21.3. The topological polar surface area (TPSA) is 101 Å². The number of hydrogen-bond acceptors (Lipinski definition) is 5. The van der Waals surface area contributed by atoms with Crippen LogP contribution in [0.15, 0.2) is 48.5 Å². The Labute approximate surface area is 171 Å². The van der Waals surface area contributed by atoms with Crippen LogP contribution in [0, 0.1) is 15.9 Å². The highest BCUT2D eigenvalue weighted by Gasteiger charge is 2.44. The number of nitro benzene ring substituents is 1. The highest BCUT2D eigenvalue weighted by Crippen LogP contribution is 2.45. The predicted molar refractivity (Wildman–Crippen MR) is 106 cm³/mol. The smallest absolute Gasteiger partial charge is 0.275 e. The van der Waals surface area contributed by atoms with E-state index in [1.165, 1.54) is 18.2 Å². The maximum absolute atomic E-state index is 13.4. The van der Waals surface area contributed by atoms with Gasteiger partial charge in [0.1, 0.15) is 11.5 Å². The molecule has 1 amide bonds. The van der Waals surface area contributed by atoms with Crippen LogP contribution in [0.2, 0.25) is 0 Å². The van der Waals surface area contributed by atoms with Crippen LogP contribution in [0.4, 0.5) is 10.1 Å². The number of para-hydroxylation sites is 1. The molecule has 1 atom stereocenters. The highest BCUT2D eigenvalue weighted by molar-refractivity contribution is 6.00. The quantitative estimate of drug-likeness (QED) is 0.364. The summed E-state index contributed by atoms with van der Waals surface area (Å²) in [5.41, 5.74) is 2.25. The van der Waals surface area contributed by atoms with Gasteiger partial charge in [-0.25, -0.2) is 4.39 Å². The van der Waals surface area contributed by atoms with Crippen molar-refractivity contribution in [3.63, 3.8) is 0 Å². The monoisotopic (exact) mass is 410 g/mol. The molecule has 0 saturated heterocycles. The lowest BCUT2D eigenvalue weighted by atomic mass is 9.95. The molecule has 2 heterocycles.